The van der Waals surface area contributed by atoms with E-state index < -0.39 is 11.6 Å². The van der Waals surface area contributed by atoms with Crippen LogP contribution in [0, 0.1) is 11.6 Å². The average Bonchev–Trinajstić information content (AvgIpc) is 3.17. The second kappa shape index (κ2) is 7.29. The second-order valence-electron chi connectivity index (χ2n) is 6.47. The van der Waals surface area contributed by atoms with Crippen LogP contribution in [0.4, 0.5) is 8.78 Å². The molecule has 4 rings (SSSR count). The number of pyridine rings is 1. The Balaban J connectivity index is 1.47. The van der Waals surface area contributed by atoms with E-state index in [9.17, 15) is 8.78 Å². The lowest BCUT2D eigenvalue weighted by atomic mass is 9.97. The van der Waals surface area contributed by atoms with Gasteiger partial charge in [0, 0.05) is 36.6 Å². The van der Waals surface area contributed by atoms with Gasteiger partial charge in [-0.15, -0.1) is 10.2 Å². The van der Waals surface area contributed by atoms with Crippen LogP contribution in [0.25, 0.3) is 11.5 Å². The molecule has 134 valence electrons. The van der Waals surface area contributed by atoms with Gasteiger partial charge in [0.15, 0.2) is 11.6 Å². The molecule has 2 aromatic heterocycles. The van der Waals surface area contributed by atoms with Crippen LogP contribution in [0.2, 0.25) is 0 Å². The minimum absolute atomic E-state index is 0.0865. The van der Waals surface area contributed by atoms with E-state index in [1.165, 1.54) is 6.07 Å². The number of rotatable bonds is 4. The van der Waals surface area contributed by atoms with Gasteiger partial charge in [-0.2, -0.15) is 0 Å². The van der Waals surface area contributed by atoms with Crippen LogP contribution in [0.15, 0.2) is 47.1 Å². The maximum absolute atomic E-state index is 13.9. The normalized spacial score (nSPS) is 18.2. The molecule has 1 fully saturated rings. The van der Waals surface area contributed by atoms with Crippen LogP contribution in [-0.2, 0) is 6.54 Å². The molecule has 0 N–H and O–H groups in total. The van der Waals surface area contributed by atoms with Crippen molar-refractivity contribution in [2.45, 2.75) is 25.3 Å². The van der Waals surface area contributed by atoms with Gasteiger partial charge >= 0.3 is 0 Å². The van der Waals surface area contributed by atoms with E-state index in [-0.39, 0.29) is 5.92 Å². The summed E-state index contributed by atoms with van der Waals surface area (Å²) in [5, 5.41) is 8.32. The molecule has 0 spiro atoms. The highest BCUT2D eigenvalue weighted by Crippen LogP contribution is 2.29. The number of benzene rings is 1. The van der Waals surface area contributed by atoms with Gasteiger partial charge in [-0.3, -0.25) is 9.88 Å². The maximum Gasteiger partial charge on any atom is 0.247 e. The summed E-state index contributed by atoms with van der Waals surface area (Å²) in [5.41, 5.74) is 1.20. The van der Waals surface area contributed by atoms with Crippen LogP contribution < -0.4 is 0 Å². The first-order valence-corrected chi connectivity index (χ1v) is 8.60. The zero-order valence-corrected chi connectivity index (χ0v) is 14.1. The molecule has 0 aliphatic carbocycles. The zero-order chi connectivity index (χ0) is 17.9. The highest BCUT2D eigenvalue weighted by molar-refractivity contribution is 5.50. The van der Waals surface area contributed by atoms with Crippen molar-refractivity contribution in [3.63, 3.8) is 0 Å². The Morgan fingerprint density at radius 2 is 1.96 bits per heavy atom. The van der Waals surface area contributed by atoms with Gasteiger partial charge in [0.2, 0.25) is 11.8 Å². The Morgan fingerprint density at radius 3 is 2.81 bits per heavy atom. The fourth-order valence-electron chi connectivity index (χ4n) is 3.32. The van der Waals surface area contributed by atoms with Gasteiger partial charge < -0.3 is 4.42 Å². The van der Waals surface area contributed by atoms with Crippen molar-refractivity contribution in [2.24, 2.45) is 0 Å². The molecule has 1 aliphatic heterocycles. The third kappa shape index (κ3) is 3.48. The number of halogens is 2. The van der Waals surface area contributed by atoms with Gasteiger partial charge in [0.25, 0.3) is 0 Å². The molecule has 3 heterocycles. The van der Waals surface area contributed by atoms with Crippen LogP contribution in [0.3, 0.4) is 0 Å². The molecule has 1 saturated heterocycles. The van der Waals surface area contributed by atoms with Gasteiger partial charge in [0.05, 0.1) is 5.92 Å². The van der Waals surface area contributed by atoms with Crippen molar-refractivity contribution < 1.29 is 13.2 Å². The minimum atomic E-state index is -0.810. The Kier molecular flexibility index (Phi) is 4.71. The summed E-state index contributed by atoms with van der Waals surface area (Å²) in [7, 11) is 0. The number of aromatic nitrogens is 3. The third-order valence-corrected chi connectivity index (χ3v) is 4.65. The highest BCUT2D eigenvalue weighted by atomic mass is 19.2. The van der Waals surface area contributed by atoms with Gasteiger partial charge in [-0.05, 0) is 37.6 Å². The van der Waals surface area contributed by atoms with Crippen molar-refractivity contribution >= 4 is 0 Å². The summed E-state index contributed by atoms with van der Waals surface area (Å²) in [6.07, 6.45) is 5.22. The molecule has 5 nitrogen and oxygen atoms in total. The summed E-state index contributed by atoms with van der Waals surface area (Å²) >= 11 is 0. The topological polar surface area (TPSA) is 55.1 Å². The van der Waals surface area contributed by atoms with E-state index in [2.05, 4.69) is 20.1 Å². The summed E-state index contributed by atoms with van der Waals surface area (Å²) in [6, 6.07) is 7.93. The molecule has 0 amide bonds. The number of hydrogen-bond acceptors (Lipinski definition) is 5. The third-order valence-electron chi connectivity index (χ3n) is 4.65. The lowest BCUT2D eigenvalue weighted by Gasteiger charge is -2.31. The first-order chi connectivity index (χ1) is 12.7. The van der Waals surface area contributed by atoms with Gasteiger partial charge in [0.1, 0.15) is 0 Å². The van der Waals surface area contributed by atoms with E-state index in [0.29, 0.717) is 30.4 Å². The molecule has 7 heteroatoms. The van der Waals surface area contributed by atoms with E-state index in [4.69, 9.17) is 4.42 Å². The Morgan fingerprint density at radius 1 is 1.12 bits per heavy atom. The largest absolute Gasteiger partial charge is 0.420 e. The smallest absolute Gasteiger partial charge is 0.247 e. The van der Waals surface area contributed by atoms with Crippen molar-refractivity contribution in [2.75, 3.05) is 13.1 Å². The first kappa shape index (κ1) is 16.8. The highest BCUT2D eigenvalue weighted by Gasteiger charge is 2.26. The molecule has 0 bridgehead atoms. The van der Waals surface area contributed by atoms with Crippen LogP contribution >= 0.6 is 0 Å². The molecular formula is C19H18F2N4O. The zero-order valence-electron chi connectivity index (χ0n) is 14.1. The molecule has 0 unspecified atom stereocenters. The van der Waals surface area contributed by atoms with E-state index >= 15 is 0 Å². The molecule has 26 heavy (non-hydrogen) atoms. The molecule has 3 aromatic rings. The first-order valence-electron chi connectivity index (χ1n) is 8.60. The van der Waals surface area contributed by atoms with Crippen LogP contribution in [-0.4, -0.2) is 33.2 Å². The number of hydrogen-bond donors (Lipinski definition) is 0. The fourth-order valence-corrected chi connectivity index (χ4v) is 3.32. The molecule has 1 aliphatic rings. The van der Waals surface area contributed by atoms with Crippen LogP contribution in [0.5, 0.6) is 0 Å². The lowest BCUT2D eigenvalue weighted by Crippen LogP contribution is -2.34. The van der Waals surface area contributed by atoms with Gasteiger partial charge in [-0.1, -0.05) is 12.1 Å². The number of nitrogens with zero attached hydrogens (tertiary/aromatic N) is 4. The van der Waals surface area contributed by atoms with Crippen molar-refractivity contribution in [3.05, 3.63) is 65.8 Å². The quantitative estimate of drug-likeness (QED) is 0.712. The van der Waals surface area contributed by atoms with Gasteiger partial charge in [-0.25, -0.2) is 8.78 Å². The predicted molar refractivity (Wildman–Crippen MR) is 91.1 cm³/mol. The standard InChI is InChI=1S/C19H18F2N4O/c20-16-5-1-3-14(17(16)21)11-25-10-2-4-15(12-25)19-24-23-18(26-19)13-6-8-22-9-7-13/h1,3,5-9,15H,2,4,10-12H2/t15-/m1/s1. The summed E-state index contributed by atoms with van der Waals surface area (Å²) in [6.45, 7) is 1.87. The van der Waals surface area contributed by atoms with E-state index in [1.807, 2.05) is 12.1 Å². The Labute approximate surface area is 149 Å². The van der Waals surface area contributed by atoms with Crippen LogP contribution in [0.1, 0.15) is 30.2 Å². The number of piperidine rings is 1. The molecular weight excluding hydrogens is 338 g/mol. The molecule has 1 atom stereocenters. The molecule has 1 aromatic carbocycles. The predicted octanol–water partition coefficient (Wildman–Crippen LogP) is 3.79. The summed E-state index contributed by atoms with van der Waals surface area (Å²) in [4.78, 5) is 6.08. The summed E-state index contributed by atoms with van der Waals surface area (Å²) < 4.78 is 33.2. The second-order valence-corrected chi connectivity index (χ2v) is 6.47. The average molecular weight is 356 g/mol. The Hall–Kier alpha value is -2.67. The SMILES string of the molecule is Fc1cccc(CN2CCC[C@@H](c3nnc(-c4ccncc4)o3)C2)c1F. The monoisotopic (exact) mass is 356 g/mol. The lowest BCUT2D eigenvalue weighted by molar-refractivity contribution is 0.184. The molecule has 0 radical (unpaired) electrons. The van der Waals surface area contributed by atoms with E-state index in [0.717, 1.165) is 31.0 Å². The van der Waals surface area contributed by atoms with E-state index in [1.54, 1.807) is 18.5 Å². The van der Waals surface area contributed by atoms with Crippen molar-refractivity contribution in [1.82, 2.24) is 20.1 Å². The van der Waals surface area contributed by atoms with Crippen molar-refractivity contribution in [1.29, 1.82) is 0 Å². The molecule has 0 saturated carbocycles. The number of likely N-dealkylation sites (tertiary alicyclic amines) is 1. The maximum atomic E-state index is 13.9. The summed E-state index contributed by atoms with van der Waals surface area (Å²) in [5.74, 6) is -0.442. The fraction of sp³-hybridized carbons (Fsp3) is 0.316. The van der Waals surface area contributed by atoms with Crippen molar-refractivity contribution in [3.8, 4) is 11.5 Å². The minimum Gasteiger partial charge on any atom is -0.420 e. The Bertz CT molecular complexity index is 884.